The fourth-order valence-electron chi connectivity index (χ4n) is 13.7. The summed E-state index contributed by atoms with van der Waals surface area (Å²) in [6.45, 7) is 16.7. The van der Waals surface area contributed by atoms with Crippen molar-refractivity contribution in [1.82, 2.24) is 33.1 Å². The van der Waals surface area contributed by atoms with Gasteiger partial charge in [-0.3, -0.25) is 9.59 Å². The van der Waals surface area contributed by atoms with Crippen molar-refractivity contribution in [3.63, 3.8) is 0 Å². The zero-order valence-electron chi connectivity index (χ0n) is 69.7. The topological polar surface area (TPSA) is 377 Å². The molecule has 41 heteroatoms. The molecule has 0 amide bonds. The molecule has 126 heavy (non-hydrogen) atoms. The zero-order valence-corrected chi connectivity index (χ0v) is 80.2. The predicted octanol–water partition coefficient (Wildman–Crippen LogP) is 14.2. The summed E-state index contributed by atoms with van der Waals surface area (Å²) in [6.07, 6.45) is 14.9. The standard InChI is InChI=1S/C24H29ClN4O4.C21H26ClN5O3.C19H19BrClN3O3.C10H10BrClO3.C9H12BrN3O.C2H3ClO.2Cu.O/c1-16(31)4-3-5-26-21-14-29-13-20(18-11-19(25)23(32-2)10-17(18)15-30)27-24(29)12-22(21)28-6-8-33-9-7-28;1-29-20-8-14(13-28)15(9-16(20)22)17-11-27-12-18(24-3-2-23)19(10-21(27)25-17)26-4-6-30-7-5-26;1-26-18-6-12(11-25)13(7-15(18)21)16-10-24-9-14(20)17(8-19(24)22-16)23-2-4-27-5-3-23;1-15-10-2-6(5-13)8(12)3-7(10)9(14)4-11;10-7-6-12-9(11)5-8(7)13-1-3-14-4-2-13;1-2(3)4;;;/h10-14,26,30H,3-9,15H2,1-2H3;8-12,24,28H,2-7,13,23H2,1H3;6-10,25H,2-5,11H2,1H3;2-3,13H,4-5H2,1H3;5-6H,1-4H2,(H2,11,12);1H3;;;. The first-order chi connectivity index (χ1) is 60.4. The molecule has 4 aliphatic heterocycles. The minimum atomic E-state index is -0.361. The van der Waals surface area contributed by atoms with Crippen molar-refractivity contribution < 1.29 is 110 Å². The van der Waals surface area contributed by atoms with Gasteiger partial charge in [0.15, 0.2) is 5.78 Å². The Hall–Kier alpha value is -7.72. The second-order valence-electron chi connectivity index (χ2n) is 28.0. The molecule has 0 aliphatic carbocycles. The first kappa shape index (κ1) is 104. The summed E-state index contributed by atoms with van der Waals surface area (Å²) in [6, 6.07) is 21.7. The van der Waals surface area contributed by atoms with Crippen LogP contribution < -0.4 is 60.6 Å². The molecule has 0 bridgehead atoms. The third kappa shape index (κ3) is 28.2. The van der Waals surface area contributed by atoms with Crippen molar-refractivity contribution in [3.8, 4) is 56.8 Å². The zero-order chi connectivity index (χ0) is 90.4. The maximum atomic E-state index is 11.5. The average molecular weight is 2130 g/mol. The van der Waals surface area contributed by atoms with Crippen LogP contribution in [0.5, 0.6) is 23.0 Å². The van der Waals surface area contributed by atoms with Gasteiger partial charge in [-0.1, -0.05) is 62.3 Å². The summed E-state index contributed by atoms with van der Waals surface area (Å²) >= 11 is 42.6. The number of halogens is 8. The second kappa shape index (κ2) is 52.2. The molecule has 0 spiro atoms. The van der Waals surface area contributed by atoms with E-state index in [0.717, 1.165) is 173 Å². The Morgan fingerprint density at radius 1 is 0.484 bits per heavy atom. The molecular weight excluding hydrogens is 2030 g/mol. The Labute approximate surface area is 798 Å². The number of nitrogens with zero attached hydrogens (tertiary/aromatic N) is 11. The molecule has 4 aromatic carbocycles. The number of Topliss-reactive ketones (excluding diaryl/α,β-unsaturated/α-hetero) is 2. The number of aliphatic hydroxyl groups excluding tert-OH is 4. The van der Waals surface area contributed by atoms with Gasteiger partial charge in [-0.15, -0.1) is 0 Å². The molecule has 15 rings (SSSR count). The maximum absolute atomic E-state index is 11.5. The molecule has 31 nitrogen and oxygen atoms in total. The van der Waals surface area contributed by atoms with Crippen LogP contribution in [0.25, 0.3) is 50.7 Å². The molecule has 10 N–H and O–H groups in total. The van der Waals surface area contributed by atoms with Gasteiger partial charge >= 0.3 is 19.8 Å². The number of nitrogens with two attached hydrogens (primary N) is 2. The number of anilines is 7. The number of alkyl halides is 1. The molecule has 0 saturated carbocycles. The van der Waals surface area contributed by atoms with Crippen molar-refractivity contribution in [3.05, 3.63) is 173 Å². The number of carbonyl (C=O) groups is 3. The number of rotatable bonds is 25. The van der Waals surface area contributed by atoms with Crippen LogP contribution in [-0.2, 0) is 91.8 Å². The van der Waals surface area contributed by atoms with Gasteiger partial charge in [0.1, 0.15) is 51.5 Å². The van der Waals surface area contributed by atoms with Crippen LogP contribution in [0, 0.1) is 0 Å². The Bertz CT molecular complexity index is 5450. The molecular formula is C85H99Br3Cl5Cu2N15O16. The van der Waals surface area contributed by atoms with E-state index < -0.39 is 0 Å². The van der Waals surface area contributed by atoms with Crippen LogP contribution in [0.4, 0.5) is 39.9 Å². The fourth-order valence-corrected chi connectivity index (χ4v) is 16.0. The molecule has 1 radical (unpaired) electrons. The van der Waals surface area contributed by atoms with Gasteiger partial charge in [0.05, 0.1) is 194 Å². The van der Waals surface area contributed by atoms with Crippen LogP contribution >= 0.6 is 106 Å². The molecule has 11 aromatic rings. The normalized spacial score (nSPS) is 13.6. The van der Waals surface area contributed by atoms with Gasteiger partial charge in [-0.05, 0) is 128 Å². The third-order valence-electron chi connectivity index (χ3n) is 19.8. The molecule has 0 atom stereocenters. The summed E-state index contributed by atoms with van der Waals surface area (Å²) in [5.74, 6) is 2.63. The number of nitrogen functional groups attached to an aromatic ring is 1. The molecule has 4 fully saturated rings. The van der Waals surface area contributed by atoms with Gasteiger partial charge in [0.25, 0.3) is 0 Å². The Morgan fingerprint density at radius 2 is 0.825 bits per heavy atom. The number of imidazole rings is 3. The van der Waals surface area contributed by atoms with Crippen molar-refractivity contribution in [2.24, 2.45) is 5.73 Å². The number of hydrogen-bond donors (Lipinski definition) is 8. The van der Waals surface area contributed by atoms with Crippen molar-refractivity contribution in [1.29, 1.82) is 0 Å². The number of morpholine rings is 4. The number of ether oxygens (including phenoxy) is 8. The average Bonchev–Trinajstić information content (AvgIpc) is 1.63. The number of hydrogen-bond acceptors (Lipinski definition) is 28. The Kier molecular flexibility index (Phi) is 42.9. The first-order valence-electron chi connectivity index (χ1n) is 39.3. The number of ketones is 2. The van der Waals surface area contributed by atoms with E-state index in [0.29, 0.717) is 135 Å². The van der Waals surface area contributed by atoms with E-state index in [1.54, 1.807) is 76.9 Å². The first-order valence-corrected chi connectivity index (χ1v) is 44.3. The van der Waals surface area contributed by atoms with Crippen molar-refractivity contribution in [2.45, 2.75) is 53.1 Å². The van der Waals surface area contributed by atoms with Crippen molar-refractivity contribution in [2.75, 3.05) is 195 Å². The SMILES string of the molecule is CC(=O)Cl.COc1cc(CO)c(-c2cn3cc(Br)c(N4CCOCC4)cc3n2)cc1Cl.COc1cc(CO)c(-c2cn3cc(NCCCC(C)=O)c(N4CCOCC4)cc3n2)cc1Cl.COc1cc(CO)c(-c2cn3cc(NCCN)c(N4CCOCC4)cc3n2)cc1Cl.COc1cc(CO)c(Cl)cc1C(=O)CBr.Nc1cc(N2CCOCC2)c(Br)cn1.[Cu].[O]=[Cu]. The molecule has 7 aromatic heterocycles. The minimum absolute atomic E-state index is 0. The van der Waals surface area contributed by atoms with Crippen LogP contribution in [0.2, 0.25) is 20.1 Å². The van der Waals surface area contributed by atoms with Crippen LogP contribution in [0.15, 0.2) is 125 Å². The van der Waals surface area contributed by atoms with Gasteiger partial charge < -0.3 is 118 Å². The summed E-state index contributed by atoms with van der Waals surface area (Å²) in [5, 5.41) is 47.0. The summed E-state index contributed by atoms with van der Waals surface area (Å²) in [5.41, 5.74) is 27.6. The summed E-state index contributed by atoms with van der Waals surface area (Å²) < 4.78 is 58.3. The summed E-state index contributed by atoms with van der Waals surface area (Å²) in [7, 11) is 6.12. The van der Waals surface area contributed by atoms with E-state index in [2.05, 4.69) is 129 Å². The number of aromatic nitrogens is 7. The van der Waals surface area contributed by atoms with E-state index in [1.165, 1.54) is 20.1 Å². The molecule has 11 heterocycles. The third-order valence-corrected chi connectivity index (χ3v) is 22.8. The van der Waals surface area contributed by atoms with E-state index in [-0.39, 0.29) is 65.6 Å². The molecule has 4 saturated heterocycles. The number of benzene rings is 4. The summed E-state index contributed by atoms with van der Waals surface area (Å²) in [4.78, 5) is 59.5. The number of carbonyl (C=O) groups excluding carboxylic acids is 3. The molecule has 0 unspecified atom stereocenters. The van der Waals surface area contributed by atoms with Crippen LogP contribution in [0.1, 0.15) is 59.3 Å². The number of pyridine rings is 4. The number of aliphatic hydroxyl groups is 4. The Morgan fingerprint density at radius 3 is 1.17 bits per heavy atom. The number of methoxy groups -OCH3 is 4. The monoisotopic (exact) mass is 2120 g/mol. The Balaban J connectivity index is 0.000000197. The van der Waals surface area contributed by atoms with Crippen LogP contribution in [-0.4, -0.2) is 229 Å². The van der Waals surface area contributed by atoms with Crippen molar-refractivity contribution >= 4 is 179 Å². The van der Waals surface area contributed by atoms with E-state index in [9.17, 15) is 29.7 Å². The molecule has 4 aliphatic rings. The van der Waals surface area contributed by atoms with Gasteiger partial charge in [0.2, 0.25) is 5.24 Å². The molecule has 688 valence electrons. The fraction of sp³-hybridized carbons (Fsp3) is 0.376. The van der Waals surface area contributed by atoms with Gasteiger partial charge in [0, 0.05) is 192 Å². The van der Waals surface area contributed by atoms with E-state index in [1.807, 2.05) is 56.4 Å². The van der Waals surface area contributed by atoms with E-state index in [4.69, 9.17) is 120 Å². The van der Waals surface area contributed by atoms with Crippen LogP contribution in [0.3, 0.4) is 0 Å². The number of nitrogens with one attached hydrogen (secondary N) is 2. The second-order valence-corrected chi connectivity index (χ2v) is 32.4. The quantitative estimate of drug-likeness (QED) is 0.00866. The predicted molar refractivity (Wildman–Crippen MR) is 496 cm³/mol. The van der Waals surface area contributed by atoms with Gasteiger partial charge in [-0.2, -0.15) is 0 Å². The van der Waals surface area contributed by atoms with Gasteiger partial charge in [-0.25, -0.2) is 19.9 Å². The number of fused-ring (bicyclic) bond motifs is 3. The van der Waals surface area contributed by atoms with E-state index >= 15 is 0 Å².